The van der Waals surface area contributed by atoms with Crippen LogP contribution < -0.4 is 10.1 Å². The highest BCUT2D eigenvalue weighted by Gasteiger charge is 2.11. The quantitative estimate of drug-likeness (QED) is 0.707. The highest BCUT2D eigenvalue weighted by molar-refractivity contribution is 5.76. The number of hydrogen-bond acceptors (Lipinski definition) is 5. The van der Waals surface area contributed by atoms with E-state index in [2.05, 4.69) is 15.5 Å². The Hall–Kier alpha value is -3.15. The zero-order valence-electron chi connectivity index (χ0n) is 14.9. The van der Waals surface area contributed by atoms with E-state index in [1.54, 1.807) is 7.11 Å². The van der Waals surface area contributed by atoms with E-state index in [9.17, 15) is 4.79 Å². The third-order valence-electron chi connectivity index (χ3n) is 4.10. The van der Waals surface area contributed by atoms with Crippen LogP contribution in [0.4, 0.5) is 0 Å². The van der Waals surface area contributed by atoms with Crippen LogP contribution in [-0.4, -0.2) is 23.2 Å². The molecular formula is C20H21N3O3. The number of carbonyl (C=O) groups excluding carboxylic acids is 1. The first kappa shape index (κ1) is 17.7. The molecule has 0 fully saturated rings. The fourth-order valence-electron chi connectivity index (χ4n) is 2.60. The molecular weight excluding hydrogens is 330 g/mol. The molecule has 3 rings (SSSR count). The Bertz CT molecular complexity index is 889. The van der Waals surface area contributed by atoms with Gasteiger partial charge >= 0.3 is 0 Å². The monoisotopic (exact) mass is 351 g/mol. The number of aromatic nitrogens is 2. The van der Waals surface area contributed by atoms with Crippen LogP contribution in [0.2, 0.25) is 0 Å². The third-order valence-corrected chi connectivity index (χ3v) is 4.10. The number of amides is 1. The molecule has 3 aromatic rings. The average Bonchev–Trinajstić information content (AvgIpc) is 3.15. The summed E-state index contributed by atoms with van der Waals surface area (Å²) in [6, 6.07) is 15.4. The number of rotatable bonds is 7. The van der Waals surface area contributed by atoms with Gasteiger partial charge in [-0.1, -0.05) is 30.3 Å². The summed E-state index contributed by atoms with van der Waals surface area (Å²) in [5.74, 6) is 1.43. The summed E-state index contributed by atoms with van der Waals surface area (Å²) in [5, 5.41) is 10.8. The molecule has 0 radical (unpaired) electrons. The zero-order valence-corrected chi connectivity index (χ0v) is 14.9. The van der Waals surface area contributed by atoms with Crippen LogP contribution in [-0.2, 0) is 17.8 Å². The van der Waals surface area contributed by atoms with Crippen molar-refractivity contribution in [3.05, 3.63) is 65.5 Å². The Labute approximate surface area is 152 Å². The van der Waals surface area contributed by atoms with E-state index in [4.69, 9.17) is 9.15 Å². The predicted octanol–water partition coefficient (Wildman–Crippen LogP) is 3.30. The first-order valence-electron chi connectivity index (χ1n) is 8.43. The molecule has 1 N–H and O–H groups in total. The van der Waals surface area contributed by atoms with Crippen molar-refractivity contribution in [3.8, 4) is 17.2 Å². The summed E-state index contributed by atoms with van der Waals surface area (Å²) in [4.78, 5) is 12.0. The number of ether oxygens (including phenoxy) is 1. The molecule has 0 saturated carbocycles. The second-order valence-corrected chi connectivity index (χ2v) is 5.94. The highest BCUT2D eigenvalue weighted by Crippen LogP contribution is 2.22. The molecule has 6 nitrogen and oxygen atoms in total. The van der Waals surface area contributed by atoms with E-state index >= 15 is 0 Å². The van der Waals surface area contributed by atoms with Crippen LogP contribution in [0.15, 0.2) is 52.9 Å². The lowest BCUT2D eigenvalue weighted by Gasteiger charge is -2.05. The minimum Gasteiger partial charge on any atom is -0.497 e. The maximum absolute atomic E-state index is 12.0. The van der Waals surface area contributed by atoms with Gasteiger partial charge < -0.3 is 14.5 Å². The van der Waals surface area contributed by atoms with Crippen molar-refractivity contribution in [3.63, 3.8) is 0 Å². The molecule has 134 valence electrons. The third kappa shape index (κ3) is 4.47. The number of aryl methyl sites for hydroxylation is 2. The molecule has 1 amide bonds. The predicted molar refractivity (Wildman–Crippen MR) is 97.6 cm³/mol. The Balaban J connectivity index is 1.53. The highest BCUT2D eigenvalue weighted by atomic mass is 16.5. The van der Waals surface area contributed by atoms with Crippen molar-refractivity contribution in [2.45, 2.75) is 26.3 Å². The van der Waals surface area contributed by atoms with E-state index in [0.29, 0.717) is 30.4 Å². The fourth-order valence-corrected chi connectivity index (χ4v) is 2.60. The van der Waals surface area contributed by atoms with Gasteiger partial charge in [0, 0.05) is 12.0 Å². The molecule has 0 bridgehead atoms. The van der Waals surface area contributed by atoms with Gasteiger partial charge in [0.15, 0.2) is 0 Å². The van der Waals surface area contributed by atoms with Crippen LogP contribution in [0, 0.1) is 6.92 Å². The molecule has 2 aromatic carbocycles. The van der Waals surface area contributed by atoms with E-state index in [1.807, 2.05) is 55.5 Å². The Morgan fingerprint density at radius 1 is 1.15 bits per heavy atom. The molecule has 0 unspecified atom stereocenters. The van der Waals surface area contributed by atoms with E-state index < -0.39 is 0 Å². The fraction of sp³-hybridized carbons (Fsp3) is 0.250. The minimum absolute atomic E-state index is 0.0469. The van der Waals surface area contributed by atoms with Gasteiger partial charge in [-0.3, -0.25) is 4.79 Å². The van der Waals surface area contributed by atoms with Crippen LogP contribution in [0.3, 0.4) is 0 Å². The molecule has 1 heterocycles. The second-order valence-electron chi connectivity index (χ2n) is 5.94. The summed E-state index contributed by atoms with van der Waals surface area (Å²) in [7, 11) is 1.60. The van der Waals surface area contributed by atoms with Crippen LogP contribution in [0.1, 0.15) is 23.4 Å². The summed E-state index contributed by atoms with van der Waals surface area (Å²) in [6.07, 6.45) is 1.12. The van der Waals surface area contributed by atoms with Crippen molar-refractivity contribution in [1.82, 2.24) is 15.5 Å². The summed E-state index contributed by atoms with van der Waals surface area (Å²) < 4.78 is 10.8. The van der Waals surface area contributed by atoms with Crippen molar-refractivity contribution in [2.24, 2.45) is 0 Å². The number of benzene rings is 2. The number of nitrogens with one attached hydrogen (secondary N) is 1. The van der Waals surface area contributed by atoms with Gasteiger partial charge in [-0.2, -0.15) is 0 Å². The lowest BCUT2D eigenvalue weighted by Crippen LogP contribution is -2.23. The normalized spacial score (nSPS) is 10.5. The maximum atomic E-state index is 12.0. The van der Waals surface area contributed by atoms with E-state index in [0.717, 1.165) is 5.56 Å². The molecule has 0 spiro atoms. The largest absolute Gasteiger partial charge is 0.497 e. The smallest absolute Gasteiger partial charge is 0.247 e. The summed E-state index contributed by atoms with van der Waals surface area (Å²) in [5.41, 5.74) is 3.15. The Morgan fingerprint density at radius 3 is 2.81 bits per heavy atom. The van der Waals surface area contributed by atoms with E-state index in [1.165, 1.54) is 11.1 Å². The molecule has 0 saturated heterocycles. The average molecular weight is 351 g/mol. The van der Waals surface area contributed by atoms with Gasteiger partial charge in [-0.15, -0.1) is 10.2 Å². The van der Waals surface area contributed by atoms with Gasteiger partial charge in [0.1, 0.15) is 5.75 Å². The summed E-state index contributed by atoms with van der Waals surface area (Å²) in [6.45, 7) is 2.26. The van der Waals surface area contributed by atoms with Crippen LogP contribution >= 0.6 is 0 Å². The lowest BCUT2D eigenvalue weighted by molar-refractivity contribution is -0.121. The molecule has 0 aliphatic heterocycles. The van der Waals surface area contributed by atoms with Crippen molar-refractivity contribution < 1.29 is 13.9 Å². The SMILES string of the molecule is COc1cccc(-c2nnc(CNC(=O)CCc3ccccc3C)o2)c1. The van der Waals surface area contributed by atoms with Gasteiger partial charge in [-0.25, -0.2) is 0 Å². The maximum Gasteiger partial charge on any atom is 0.247 e. The molecule has 0 aliphatic rings. The van der Waals surface area contributed by atoms with Gasteiger partial charge in [-0.05, 0) is 42.7 Å². The lowest BCUT2D eigenvalue weighted by atomic mass is 10.0. The zero-order chi connectivity index (χ0) is 18.4. The Morgan fingerprint density at radius 2 is 2.00 bits per heavy atom. The van der Waals surface area contributed by atoms with Crippen LogP contribution in [0.5, 0.6) is 5.75 Å². The van der Waals surface area contributed by atoms with Crippen LogP contribution in [0.25, 0.3) is 11.5 Å². The molecule has 6 heteroatoms. The number of methoxy groups -OCH3 is 1. The Kier molecular flexibility index (Phi) is 5.63. The topological polar surface area (TPSA) is 77.3 Å². The number of carbonyl (C=O) groups is 1. The second kappa shape index (κ2) is 8.29. The van der Waals surface area contributed by atoms with Crippen molar-refractivity contribution in [2.75, 3.05) is 7.11 Å². The molecule has 0 aliphatic carbocycles. The standard InChI is InChI=1S/C20H21N3O3/c1-14-6-3-4-7-15(14)10-11-18(24)21-13-19-22-23-20(26-19)16-8-5-9-17(12-16)25-2/h3-9,12H,10-11,13H2,1-2H3,(H,21,24). The first-order chi connectivity index (χ1) is 12.7. The number of hydrogen-bond donors (Lipinski definition) is 1. The van der Waals surface area contributed by atoms with Gasteiger partial charge in [0.25, 0.3) is 0 Å². The van der Waals surface area contributed by atoms with Gasteiger partial charge in [0.05, 0.1) is 13.7 Å². The molecule has 1 aromatic heterocycles. The number of nitrogens with zero attached hydrogens (tertiary/aromatic N) is 2. The summed E-state index contributed by atoms with van der Waals surface area (Å²) >= 11 is 0. The molecule has 0 atom stereocenters. The molecule has 26 heavy (non-hydrogen) atoms. The van der Waals surface area contributed by atoms with Crippen molar-refractivity contribution >= 4 is 5.91 Å². The minimum atomic E-state index is -0.0469. The first-order valence-corrected chi connectivity index (χ1v) is 8.43. The van der Waals surface area contributed by atoms with Gasteiger partial charge in [0.2, 0.25) is 17.7 Å². The van der Waals surface area contributed by atoms with Crippen molar-refractivity contribution in [1.29, 1.82) is 0 Å². The van der Waals surface area contributed by atoms with E-state index in [-0.39, 0.29) is 12.5 Å².